The van der Waals surface area contributed by atoms with E-state index in [0.29, 0.717) is 48.2 Å². The smallest absolute Gasteiger partial charge is 0.248 e. The number of carbonyl (C=O) groups excluding carboxylic acids is 3. The third-order valence-electron chi connectivity index (χ3n) is 7.33. The third-order valence-corrected chi connectivity index (χ3v) is 9.63. The summed E-state index contributed by atoms with van der Waals surface area (Å²) in [5, 5.41) is 1.04. The molecule has 0 spiro atoms. The number of carbonyl (C=O) groups is 3. The molecule has 11 nitrogen and oxygen atoms in total. The molecule has 0 saturated carbocycles. The molecule has 1 N–H and O–H groups in total. The van der Waals surface area contributed by atoms with Gasteiger partial charge in [0.2, 0.25) is 27.7 Å². The lowest BCUT2D eigenvalue weighted by Crippen LogP contribution is -2.56. The molecule has 0 aromatic carbocycles. The Morgan fingerprint density at radius 3 is 2.54 bits per heavy atom. The number of ether oxygens (including phenoxy) is 1. The minimum absolute atomic E-state index is 0.00921. The Labute approximate surface area is 238 Å². The summed E-state index contributed by atoms with van der Waals surface area (Å²) in [6.45, 7) is 4.59. The summed E-state index contributed by atoms with van der Waals surface area (Å²) >= 11 is 7.15. The van der Waals surface area contributed by atoms with E-state index in [1.165, 1.54) is 29.4 Å². The van der Waals surface area contributed by atoms with Crippen LogP contribution < -0.4 is 4.72 Å². The molecule has 2 atom stereocenters. The van der Waals surface area contributed by atoms with Gasteiger partial charge in [0.15, 0.2) is 0 Å². The molecule has 3 aliphatic rings. The van der Waals surface area contributed by atoms with Crippen LogP contribution in [-0.2, 0) is 29.1 Å². The molecule has 0 unspecified atom stereocenters. The number of piperidine rings is 1. The van der Waals surface area contributed by atoms with Crippen LogP contribution in [0.15, 0.2) is 17.5 Å². The Balaban J connectivity index is 1.28. The Morgan fingerprint density at radius 1 is 1.10 bits per heavy atom. The number of nitrogens with one attached hydrogen (secondary N) is 1. The van der Waals surface area contributed by atoms with Gasteiger partial charge in [-0.3, -0.25) is 19.3 Å². The number of rotatable bonds is 10. The maximum absolute atomic E-state index is 13.3. The number of piperazine rings is 1. The summed E-state index contributed by atoms with van der Waals surface area (Å²) in [7, 11) is -2.34. The first-order valence-electron chi connectivity index (χ1n) is 13.2. The molecule has 1 aromatic rings. The second kappa shape index (κ2) is 13.6. The Bertz CT molecular complexity index is 1170. The average Bonchev–Trinajstić information content (AvgIpc) is 3.54. The van der Waals surface area contributed by atoms with E-state index in [2.05, 4.69) is 9.62 Å². The Kier molecular flexibility index (Phi) is 10.4. The zero-order valence-corrected chi connectivity index (χ0v) is 24.5. The number of amides is 3. The normalized spacial score (nSPS) is 23.2. The number of sulfonamides is 1. The van der Waals surface area contributed by atoms with E-state index in [-0.39, 0.29) is 36.9 Å². The van der Waals surface area contributed by atoms with Crippen molar-refractivity contribution in [2.45, 2.75) is 37.8 Å². The first kappa shape index (κ1) is 29.9. The monoisotopic (exact) mass is 601 g/mol. The summed E-state index contributed by atoms with van der Waals surface area (Å²) in [5.74, 6) is -0.499. The maximum Gasteiger partial charge on any atom is 0.248 e. The topological polar surface area (TPSA) is 120 Å². The lowest BCUT2D eigenvalue weighted by molar-refractivity contribution is -0.143. The molecule has 3 amide bonds. The van der Waals surface area contributed by atoms with Gasteiger partial charge >= 0.3 is 0 Å². The molecule has 0 bridgehead atoms. The largest absolute Gasteiger partial charge is 0.375 e. The van der Waals surface area contributed by atoms with Gasteiger partial charge in [-0.1, -0.05) is 11.6 Å². The van der Waals surface area contributed by atoms with Crippen molar-refractivity contribution in [2.75, 3.05) is 66.1 Å². The minimum Gasteiger partial charge on any atom is -0.375 e. The number of nitrogens with zero attached hydrogens (tertiary/aromatic N) is 4. The van der Waals surface area contributed by atoms with Gasteiger partial charge in [-0.25, -0.2) is 8.42 Å². The van der Waals surface area contributed by atoms with Crippen LogP contribution in [0.4, 0.5) is 0 Å². The van der Waals surface area contributed by atoms with Gasteiger partial charge in [0.25, 0.3) is 0 Å². The fourth-order valence-electron chi connectivity index (χ4n) is 5.32. The first-order chi connectivity index (χ1) is 18.6. The van der Waals surface area contributed by atoms with Gasteiger partial charge in [-0.2, -0.15) is 4.72 Å². The number of hydrogen-bond acceptors (Lipinski definition) is 8. The predicted molar refractivity (Wildman–Crippen MR) is 150 cm³/mol. The van der Waals surface area contributed by atoms with Crippen molar-refractivity contribution in [3.05, 3.63) is 26.8 Å². The van der Waals surface area contributed by atoms with Gasteiger partial charge in [-0.15, -0.1) is 11.3 Å². The molecule has 4 rings (SSSR count). The van der Waals surface area contributed by atoms with Crippen LogP contribution in [0.1, 0.15) is 30.6 Å². The van der Waals surface area contributed by atoms with Crippen molar-refractivity contribution in [3.63, 3.8) is 0 Å². The van der Waals surface area contributed by atoms with E-state index in [4.69, 9.17) is 16.3 Å². The minimum atomic E-state index is -3.86. The van der Waals surface area contributed by atoms with Gasteiger partial charge in [0, 0.05) is 69.3 Å². The van der Waals surface area contributed by atoms with Crippen LogP contribution in [0.2, 0.25) is 4.34 Å². The molecule has 39 heavy (non-hydrogen) atoms. The van der Waals surface area contributed by atoms with Crippen LogP contribution in [0.25, 0.3) is 6.08 Å². The molecule has 216 valence electrons. The summed E-state index contributed by atoms with van der Waals surface area (Å²) in [4.78, 5) is 46.5. The number of thiophene rings is 1. The number of halogens is 1. The highest BCUT2D eigenvalue weighted by Gasteiger charge is 2.36. The molecule has 14 heteroatoms. The number of hydrogen-bond donors (Lipinski definition) is 1. The fourth-order valence-corrected chi connectivity index (χ4v) is 7.39. The highest BCUT2D eigenvalue weighted by atomic mass is 35.5. The van der Waals surface area contributed by atoms with Crippen molar-refractivity contribution in [1.82, 2.24) is 24.3 Å². The van der Waals surface area contributed by atoms with Crippen molar-refractivity contribution in [3.8, 4) is 0 Å². The molecule has 0 aliphatic carbocycles. The lowest BCUT2D eigenvalue weighted by Gasteiger charge is -2.38. The van der Waals surface area contributed by atoms with E-state index < -0.39 is 16.1 Å². The van der Waals surface area contributed by atoms with Crippen LogP contribution in [0, 0.1) is 0 Å². The molecule has 1 aromatic heterocycles. The number of methoxy groups -OCH3 is 1. The molecular formula is C25H36ClN5O6S2. The first-order valence-corrected chi connectivity index (χ1v) is 15.9. The summed E-state index contributed by atoms with van der Waals surface area (Å²) in [6, 6.07) is 2.56. The highest BCUT2D eigenvalue weighted by Crippen LogP contribution is 2.23. The summed E-state index contributed by atoms with van der Waals surface area (Å²) < 4.78 is 33.1. The quantitative estimate of drug-likeness (QED) is 0.426. The molecule has 3 saturated heterocycles. The van der Waals surface area contributed by atoms with Crippen molar-refractivity contribution >= 4 is 56.8 Å². The zero-order valence-electron chi connectivity index (χ0n) is 22.1. The highest BCUT2D eigenvalue weighted by molar-refractivity contribution is 7.92. The SMILES string of the molecule is COCC(=O)N1CCN(C[C@@H]2CCCN2C(=O)CN2CCC[C@H](NS(=O)(=O)C=Cc3ccc(Cl)s3)C2=O)CC1. The molecule has 0 radical (unpaired) electrons. The lowest BCUT2D eigenvalue weighted by atomic mass is 10.1. The standard InChI is InChI=1S/C25H36ClN5O6S2/c1-37-18-24(33)29-13-11-28(12-14-29)16-19-4-2-10-31(19)23(32)17-30-9-3-5-21(25(30)34)27-39(35,36)15-8-20-6-7-22(26)38-20/h6-8,15,19,21,27H,2-5,9-14,16-18H2,1H3/t19-,21-/m0/s1. The van der Waals surface area contributed by atoms with E-state index >= 15 is 0 Å². The second-order valence-corrected chi connectivity index (χ2v) is 13.4. The predicted octanol–water partition coefficient (Wildman–Crippen LogP) is 1.06. The Hall–Kier alpha value is -2.03. The number of likely N-dealkylation sites (tertiary alicyclic amines) is 2. The maximum atomic E-state index is 13.3. The molecule has 3 aliphatic heterocycles. The third kappa shape index (κ3) is 8.24. The Morgan fingerprint density at radius 2 is 1.85 bits per heavy atom. The summed E-state index contributed by atoms with van der Waals surface area (Å²) in [6.07, 6.45) is 4.23. The van der Waals surface area contributed by atoms with Crippen LogP contribution in [0.3, 0.4) is 0 Å². The van der Waals surface area contributed by atoms with Crippen LogP contribution in [-0.4, -0.2) is 124 Å². The van der Waals surface area contributed by atoms with E-state index in [1.54, 1.807) is 17.0 Å². The van der Waals surface area contributed by atoms with Gasteiger partial charge in [-0.05, 0) is 43.9 Å². The van der Waals surface area contributed by atoms with Gasteiger partial charge in [0.1, 0.15) is 12.6 Å². The van der Waals surface area contributed by atoms with E-state index in [1.807, 2.05) is 4.90 Å². The van der Waals surface area contributed by atoms with Gasteiger partial charge < -0.3 is 19.4 Å². The molecule has 4 heterocycles. The van der Waals surface area contributed by atoms with Crippen LogP contribution in [0.5, 0.6) is 0 Å². The summed E-state index contributed by atoms with van der Waals surface area (Å²) in [5.41, 5.74) is 0. The molecular weight excluding hydrogens is 566 g/mol. The van der Waals surface area contributed by atoms with E-state index in [0.717, 1.165) is 37.9 Å². The van der Waals surface area contributed by atoms with Crippen molar-refractivity contribution in [2.24, 2.45) is 0 Å². The average molecular weight is 602 g/mol. The van der Waals surface area contributed by atoms with Gasteiger partial charge in [0.05, 0.1) is 10.9 Å². The second-order valence-electron chi connectivity index (χ2n) is 10.1. The van der Waals surface area contributed by atoms with Crippen molar-refractivity contribution < 1.29 is 27.5 Å². The zero-order chi connectivity index (χ0) is 28.0. The fraction of sp³-hybridized carbons (Fsp3) is 0.640. The van der Waals surface area contributed by atoms with E-state index in [9.17, 15) is 22.8 Å². The van der Waals surface area contributed by atoms with Crippen molar-refractivity contribution in [1.29, 1.82) is 0 Å². The van der Waals surface area contributed by atoms with Crippen LogP contribution >= 0.6 is 22.9 Å². The molecule has 3 fully saturated rings.